The van der Waals surface area contributed by atoms with Crippen LogP contribution >= 0.6 is 11.3 Å². The van der Waals surface area contributed by atoms with Crippen molar-refractivity contribution in [2.75, 3.05) is 5.32 Å². The van der Waals surface area contributed by atoms with E-state index in [0.717, 1.165) is 4.70 Å². The molecule has 0 bridgehead atoms. The molecule has 0 aliphatic rings. The van der Waals surface area contributed by atoms with E-state index in [1.54, 1.807) is 24.3 Å². The van der Waals surface area contributed by atoms with E-state index < -0.39 is 21.3 Å². The Hall–Kier alpha value is -2.29. The van der Waals surface area contributed by atoms with Gasteiger partial charge in [0.25, 0.3) is 16.0 Å². The van der Waals surface area contributed by atoms with Gasteiger partial charge in [0.2, 0.25) is 0 Å². The molecule has 118 valence electrons. The van der Waals surface area contributed by atoms with E-state index in [2.05, 4.69) is 10.3 Å². The Balaban J connectivity index is 1.92. The zero-order valence-electron chi connectivity index (χ0n) is 11.7. The lowest BCUT2D eigenvalue weighted by Crippen LogP contribution is -2.27. The molecule has 3 rings (SSSR count). The van der Waals surface area contributed by atoms with E-state index in [4.69, 9.17) is 0 Å². The van der Waals surface area contributed by atoms with Crippen molar-refractivity contribution in [2.45, 2.75) is 5.25 Å². The number of amides is 1. The molecule has 3 aromatic rings. The van der Waals surface area contributed by atoms with Crippen LogP contribution in [0.3, 0.4) is 0 Å². The highest BCUT2D eigenvalue weighted by molar-refractivity contribution is 7.86. The maximum absolute atomic E-state index is 12.4. The number of benzene rings is 2. The first-order valence-corrected chi connectivity index (χ1v) is 8.95. The average Bonchev–Trinajstić information content (AvgIpc) is 2.89. The molecule has 1 aromatic heterocycles. The third-order valence-corrected chi connectivity index (χ3v) is 5.20. The van der Waals surface area contributed by atoms with Gasteiger partial charge in [-0.05, 0) is 17.7 Å². The first kappa shape index (κ1) is 15.6. The monoisotopic (exact) mass is 348 g/mol. The van der Waals surface area contributed by atoms with Crippen LogP contribution in [-0.4, -0.2) is 23.9 Å². The molecule has 0 saturated carbocycles. The van der Waals surface area contributed by atoms with Gasteiger partial charge in [-0.15, -0.1) is 0 Å². The molecule has 0 unspecified atom stereocenters. The number of thiazole rings is 1. The molecule has 0 fully saturated rings. The molecule has 0 radical (unpaired) electrons. The molecule has 2 N–H and O–H groups in total. The molecule has 1 atom stereocenters. The van der Waals surface area contributed by atoms with Crippen molar-refractivity contribution in [1.82, 2.24) is 4.98 Å². The zero-order chi connectivity index (χ0) is 16.4. The largest absolute Gasteiger partial charge is 0.300 e. The molecule has 1 heterocycles. The van der Waals surface area contributed by atoms with Gasteiger partial charge in [0.15, 0.2) is 10.4 Å². The fraction of sp³-hybridized carbons (Fsp3) is 0.0667. The number of aromatic nitrogens is 1. The van der Waals surface area contributed by atoms with Gasteiger partial charge in [-0.1, -0.05) is 53.8 Å². The smallest absolute Gasteiger partial charge is 0.281 e. The summed E-state index contributed by atoms with van der Waals surface area (Å²) in [4.78, 5) is 16.6. The second kappa shape index (κ2) is 6.07. The lowest BCUT2D eigenvalue weighted by molar-refractivity contribution is -0.116. The third kappa shape index (κ3) is 3.39. The third-order valence-electron chi connectivity index (χ3n) is 3.16. The Morgan fingerprint density at radius 3 is 2.39 bits per heavy atom. The van der Waals surface area contributed by atoms with Crippen LogP contribution in [0.15, 0.2) is 54.6 Å². The average molecular weight is 348 g/mol. The van der Waals surface area contributed by atoms with E-state index >= 15 is 0 Å². The predicted octanol–water partition coefficient (Wildman–Crippen LogP) is 2.86. The summed E-state index contributed by atoms with van der Waals surface area (Å²) in [7, 11) is -4.60. The van der Waals surface area contributed by atoms with E-state index in [1.165, 1.54) is 23.5 Å². The molecule has 2 aromatic carbocycles. The number of fused-ring (bicyclic) bond motifs is 1. The van der Waals surface area contributed by atoms with Gasteiger partial charge in [-0.3, -0.25) is 9.35 Å². The lowest BCUT2D eigenvalue weighted by Gasteiger charge is -2.13. The maximum atomic E-state index is 12.4. The summed E-state index contributed by atoms with van der Waals surface area (Å²) in [5, 5.41) is 1.05. The summed E-state index contributed by atoms with van der Waals surface area (Å²) in [6, 6.07) is 15.1. The van der Waals surface area contributed by atoms with Gasteiger partial charge in [-0.25, -0.2) is 4.98 Å². The van der Waals surface area contributed by atoms with Gasteiger partial charge in [0.1, 0.15) is 0 Å². The molecule has 1 amide bonds. The van der Waals surface area contributed by atoms with Gasteiger partial charge in [0.05, 0.1) is 10.2 Å². The number of nitrogens with zero attached hydrogens (tertiary/aromatic N) is 1. The van der Waals surface area contributed by atoms with Crippen LogP contribution in [-0.2, 0) is 14.9 Å². The molecule has 0 aliphatic carbocycles. The Morgan fingerprint density at radius 2 is 1.74 bits per heavy atom. The Kier molecular flexibility index (Phi) is 4.12. The second-order valence-corrected chi connectivity index (χ2v) is 7.31. The van der Waals surface area contributed by atoms with Crippen LogP contribution in [0.25, 0.3) is 10.2 Å². The summed E-state index contributed by atoms with van der Waals surface area (Å²) in [5.74, 6) is -0.849. The van der Waals surface area contributed by atoms with Crippen LogP contribution < -0.4 is 5.32 Å². The van der Waals surface area contributed by atoms with E-state index in [9.17, 15) is 17.8 Å². The highest BCUT2D eigenvalue weighted by Gasteiger charge is 2.33. The molecule has 0 spiro atoms. The summed E-state index contributed by atoms with van der Waals surface area (Å²) in [6.45, 7) is 0. The van der Waals surface area contributed by atoms with Crippen LogP contribution in [0, 0.1) is 0 Å². The van der Waals surface area contributed by atoms with E-state index in [1.807, 2.05) is 18.2 Å². The minimum absolute atomic E-state index is 0.189. The van der Waals surface area contributed by atoms with Crippen LogP contribution in [0.5, 0.6) is 0 Å². The van der Waals surface area contributed by atoms with Gasteiger partial charge < -0.3 is 5.32 Å². The first-order chi connectivity index (χ1) is 10.9. The molecular formula is C15H12N2O4S2. The number of rotatable bonds is 4. The molecular weight excluding hydrogens is 336 g/mol. The minimum atomic E-state index is -4.60. The quantitative estimate of drug-likeness (QED) is 0.707. The van der Waals surface area contributed by atoms with Crippen molar-refractivity contribution in [3.05, 3.63) is 60.2 Å². The number of carbonyl (C=O) groups excluding carboxylic acids is 1. The molecule has 0 aliphatic heterocycles. The van der Waals surface area contributed by atoms with Gasteiger partial charge >= 0.3 is 0 Å². The fourth-order valence-corrected chi connectivity index (χ4v) is 3.88. The summed E-state index contributed by atoms with van der Waals surface area (Å²) >= 11 is 1.23. The van der Waals surface area contributed by atoms with E-state index in [0.29, 0.717) is 5.52 Å². The number of nitrogens with one attached hydrogen (secondary N) is 1. The Bertz CT molecular complexity index is 919. The van der Waals surface area contributed by atoms with Gasteiger partial charge in [0, 0.05) is 0 Å². The van der Waals surface area contributed by atoms with Crippen molar-refractivity contribution in [2.24, 2.45) is 0 Å². The highest BCUT2D eigenvalue weighted by Crippen LogP contribution is 2.28. The zero-order valence-corrected chi connectivity index (χ0v) is 13.3. The SMILES string of the molecule is O=C(Nc1nc2ccccc2s1)[C@H](c1ccccc1)S(=O)(=O)O. The normalized spacial score (nSPS) is 12.9. The van der Waals surface area contributed by atoms with Crippen LogP contribution in [0.2, 0.25) is 0 Å². The minimum Gasteiger partial charge on any atom is -0.300 e. The standard InChI is InChI=1S/C15H12N2O4S2/c18-14(13(23(19,20)21)10-6-2-1-3-7-10)17-15-16-11-8-4-5-9-12(11)22-15/h1-9,13H,(H,16,17,18)(H,19,20,21)/t13-/m0/s1. The Morgan fingerprint density at radius 1 is 1.09 bits per heavy atom. The van der Waals surface area contributed by atoms with E-state index in [-0.39, 0.29) is 10.7 Å². The lowest BCUT2D eigenvalue weighted by atomic mass is 10.1. The second-order valence-electron chi connectivity index (χ2n) is 4.78. The fourth-order valence-electron chi connectivity index (χ4n) is 2.18. The number of carbonyl (C=O) groups is 1. The molecule has 0 saturated heterocycles. The number of anilines is 1. The number of hydrogen-bond acceptors (Lipinski definition) is 5. The highest BCUT2D eigenvalue weighted by atomic mass is 32.2. The summed E-state index contributed by atoms with van der Waals surface area (Å²) in [6.07, 6.45) is 0. The number of para-hydroxylation sites is 1. The van der Waals surface area contributed by atoms with Crippen molar-refractivity contribution in [1.29, 1.82) is 0 Å². The molecule has 8 heteroatoms. The molecule has 23 heavy (non-hydrogen) atoms. The first-order valence-electron chi connectivity index (χ1n) is 6.63. The topological polar surface area (TPSA) is 96.4 Å². The predicted molar refractivity (Wildman–Crippen MR) is 89.0 cm³/mol. The van der Waals surface area contributed by atoms with Gasteiger partial charge in [-0.2, -0.15) is 8.42 Å². The van der Waals surface area contributed by atoms with Crippen molar-refractivity contribution in [3.63, 3.8) is 0 Å². The van der Waals surface area contributed by atoms with Crippen molar-refractivity contribution in [3.8, 4) is 0 Å². The molecule has 6 nitrogen and oxygen atoms in total. The summed E-state index contributed by atoms with van der Waals surface area (Å²) in [5.41, 5.74) is 0.893. The number of hydrogen-bond donors (Lipinski definition) is 2. The van der Waals surface area contributed by atoms with Crippen LogP contribution in [0.4, 0.5) is 5.13 Å². The van der Waals surface area contributed by atoms with Crippen molar-refractivity contribution < 1.29 is 17.8 Å². The maximum Gasteiger partial charge on any atom is 0.281 e. The Labute approximate surface area is 136 Å². The van der Waals surface area contributed by atoms with Crippen LogP contribution in [0.1, 0.15) is 10.8 Å². The summed E-state index contributed by atoms with van der Waals surface area (Å²) < 4.78 is 33.5. The van der Waals surface area contributed by atoms with Crippen molar-refractivity contribution >= 4 is 42.7 Å².